The van der Waals surface area contributed by atoms with E-state index in [9.17, 15) is 9.90 Å². The lowest BCUT2D eigenvalue weighted by molar-refractivity contribution is -0.245. The molecule has 0 unspecified atom stereocenters. The summed E-state index contributed by atoms with van der Waals surface area (Å²) < 4.78 is 12.9. The van der Waals surface area contributed by atoms with Crippen LogP contribution in [0.25, 0.3) is 11.1 Å². The molecule has 4 aromatic carbocycles. The molecule has 9 nitrogen and oxygen atoms in total. The van der Waals surface area contributed by atoms with Crippen molar-refractivity contribution in [3.8, 4) is 11.1 Å². The minimum atomic E-state index is -0.541. The molecular weight excluding hydrogens is 586 g/mol. The molecule has 230 valence electrons. The molecule has 1 aliphatic rings. The van der Waals surface area contributed by atoms with E-state index in [4.69, 9.17) is 9.47 Å². The summed E-state index contributed by atoms with van der Waals surface area (Å²) in [5, 5.41) is 22.9. The van der Waals surface area contributed by atoms with E-state index in [1.807, 2.05) is 78.9 Å². The van der Waals surface area contributed by atoms with Crippen LogP contribution in [0.5, 0.6) is 0 Å². The van der Waals surface area contributed by atoms with Crippen molar-refractivity contribution >= 4 is 17.8 Å². The zero-order valence-electron chi connectivity index (χ0n) is 24.6. The molecular formula is C35H35N5O4S. The maximum Gasteiger partial charge on any atom is 0.315 e. The highest BCUT2D eigenvalue weighted by Crippen LogP contribution is 2.39. The summed E-state index contributed by atoms with van der Waals surface area (Å²) >= 11 is 1.57. The molecule has 45 heavy (non-hydrogen) atoms. The van der Waals surface area contributed by atoms with Crippen LogP contribution in [0, 0.1) is 0 Å². The van der Waals surface area contributed by atoms with E-state index in [0.29, 0.717) is 25.3 Å². The van der Waals surface area contributed by atoms with Crippen LogP contribution in [0.4, 0.5) is 4.79 Å². The molecule has 4 N–H and O–H groups in total. The van der Waals surface area contributed by atoms with Crippen molar-refractivity contribution in [1.82, 2.24) is 25.8 Å². The Balaban J connectivity index is 1.10. The molecule has 1 aromatic heterocycles. The van der Waals surface area contributed by atoms with Crippen molar-refractivity contribution in [2.24, 2.45) is 0 Å². The highest BCUT2D eigenvalue weighted by atomic mass is 32.2. The van der Waals surface area contributed by atoms with Gasteiger partial charge < -0.3 is 25.2 Å². The van der Waals surface area contributed by atoms with Gasteiger partial charge in [-0.05, 0) is 39.4 Å². The number of aromatic amines is 1. The first-order chi connectivity index (χ1) is 22.1. The fraction of sp³-hybridized carbons (Fsp3) is 0.229. The smallest absolute Gasteiger partial charge is 0.315 e. The van der Waals surface area contributed by atoms with Gasteiger partial charge in [0.2, 0.25) is 0 Å². The van der Waals surface area contributed by atoms with Crippen LogP contribution in [-0.2, 0) is 29.2 Å². The molecule has 10 heteroatoms. The van der Waals surface area contributed by atoms with Gasteiger partial charge in [0.25, 0.3) is 0 Å². The number of amides is 2. The summed E-state index contributed by atoms with van der Waals surface area (Å²) in [4.78, 5) is 16.6. The number of hydrogen-bond acceptors (Lipinski definition) is 7. The Morgan fingerprint density at radius 3 is 2.29 bits per heavy atom. The van der Waals surface area contributed by atoms with Gasteiger partial charge in [0, 0.05) is 30.8 Å². The molecule has 3 atom stereocenters. The van der Waals surface area contributed by atoms with Gasteiger partial charge in [-0.1, -0.05) is 109 Å². The lowest BCUT2D eigenvalue weighted by Gasteiger charge is -2.36. The van der Waals surface area contributed by atoms with Gasteiger partial charge in [-0.15, -0.1) is 0 Å². The van der Waals surface area contributed by atoms with E-state index in [1.165, 1.54) is 6.33 Å². The van der Waals surface area contributed by atoms with Crippen molar-refractivity contribution in [3.05, 3.63) is 137 Å². The number of ether oxygens (including phenoxy) is 2. The van der Waals surface area contributed by atoms with Crippen LogP contribution in [0.3, 0.4) is 0 Å². The monoisotopic (exact) mass is 621 g/mol. The third-order valence-corrected chi connectivity index (χ3v) is 8.61. The Morgan fingerprint density at radius 1 is 0.822 bits per heavy atom. The number of aromatic nitrogens is 3. The van der Waals surface area contributed by atoms with Gasteiger partial charge in [-0.3, -0.25) is 5.10 Å². The molecule has 0 aliphatic carbocycles. The molecule has 1 fully saturated rings. The van der Waals surface area contributed by atoms with E-state index >= 15 is 0 Å². The number of nitrogens with one attached hydrogen (secondary N) is 3. The van der Waals surface area contributed by atoms with Crippen molar-refractivity contribution < 1.29 is 19.4 Å². The summed E-state index contributed by atoms with van der Waals surface area (Å²) in [7, 11) is 0. The predicted molar refractivity (Wildman–Crippen MR) is 173 cm³/mol. The van der Waals surface area contributed by atoms with Gasteiger partial charge in [0.15, 0.2) is 11.4 Å². The first-order valence-corrected chi connectivity index (χ1v) is 15.8. The molecule has 6 rings (SSSR count). The second-order valence-corrected chi connectivity index (χ2v) is 11.8. The summed E-state index contributed by atoms with van der Waals surface area (Å²) in [6, 6.07) is 33.9. The average molecular weight is 622 g/mol. The Kier molecular flexibility index (Phi) is 10.2. The predicted octanol–water partition coefficient (Wildman–Crippen LogP) is 6.30. The van der Waals surface area contributed by atoms with E-state index in [-0.39, 0.29) is 24.8 Å². The minimum Gasteiger partial charge on any atom is -0.392 e. The largest absolute Gasteiger partial charge is 0.392 e. The lowest BCUT2D eigenvalue weighted by Crippen LogP contribution is -2.34. The molecule has 5 aromatic rings. The van der Waals surface area contributed by atoms with Gasteiger partial charge >= 0.3 is 6.03 Å². The summed E-state index contributed by atoms with van der Waals surface area (Å²) in [5.74, 6) is 0.698. The number of aliphatic hydroxyl groups is 1. The molecule has 0 saturated carbocycles. The number of rotatable bonds is 11. The first kappa shape index (κ1) is 30.5. The van der Waals surface area contributed by atoms with Crippen molar-refractivity contribution in [1.29, 1.82) is 0 Å². The number of thioether (sulfide) groups is 1. The molecule has 0 bridgehead atoms. The summed E-state index contributed by atoms with van der Waals surface area (Å²) in [6.45, 7) is 0.902. The van der Waals surface area contributed by atoms with Crippen molar-refractivity contribution in [2.45, 2.75) is 49.8 Å². The summed E-state index contributed by atoms with van der Waals surface area (Å²) in [6.07, 6.45) is 1.42. The second-order valence-electron chi connectivity index (χ2n) is 10.8. The van der Waals surface area contributed by atoms with Crippen LogP contribution in [0.1, 0.15) is 46.6 Å². The zero-order chi connectivity index (χ0) is 30.8. The van der Waals surface area contributed by atoms with Crippen LogP contribution in [0.15, 0.2) is 115 Å². The quantitative estimate of drug-likeness (QED) is 0.128. The first-order valence-electron chi connectivity index (χ1n) is 14.9. The highest BCUT2D eigenvalue weighted by Gasteiger charge is 2.32. The maximum atomic E-state index is 12.3. The second kappa shape index (κ2) is 15.0. The zero-order valence-corrected chi connectivity index (χ0v) is 25.5. The third kappa shape index (κ3) is 8.37. The molecule has 0 radical (unpaired) electrons. The standard InChI is InChI=1S/C35H35N5O4S/c41-21-25-9-11-28(12-10-25)32-18-31(22-45-35-38-23-39-40-35)43-33(44-32)29-15-13-27(14-16-29)30-8-4-7-26(17-30)20-37-34(42)36-19-24-5-2-1-3-6-24/h1-17,23,31-33,41H,18-22H2,(H2,36,37,42)(H,38,39,40)/t31-,32+,33+/m0/s1. The number of aliphatic hydroxyl groups excluding tert-OH is 1. The van der Waals surface area contributed by atoms with E-state index in [2.05, 4.69) is 50.1 Å². The van der Waals surface area contributed by atoms with Crippen LogP contribution in [0.2, 0.25) is 0 Å². The van der Waals surface area contributed by atoms with E-state index < -0.39 is 6.29 Å². The average Bonchev–Trinajstić information content (AvgIpc) is 3.63. The topological polar surface area (TPSA) is 121 Å². The minimum absolute atomic E-state index is 0.00381. The maximum absolute atomic E-state index is 12.3. The molecule has 0 spiro atoms. The third-order valence-electron chi connectivity index (χ3n) is 7.61. The van der Waals surface area contributed by atoms with Crippen LogP contribution in [-0.4, -0.2) is 38.2 Å². The molecule has 1 aliphatic heterocycles. The fourth-order valence-corrected chi connectivity index (χ4v) is 5.97. The van der Waals surface area contributed by atoms with E-state index in [1.54, 1.807) is 11.8 Å². The Hall–Kier alpha value is -4.48. The van der Waals surface area contributed by atoms with Gasteiger partial charge in [-0.25, -0.2) is 9.78 Å². The number of benzene rings is 4. The van der Waals surface area contributed by atoms with Crippen molar-refractivity contribution in [2.75, 3.05) is 5.75 Å². The number of nitrogens with zero attached hydrogens (tertiary/aromatic N) is 2. The number of H-pyrrole nitrogens is 1. The van der Waals surface area contributed by atoms with Gasteiger partial charge in [0.1, 0.15) is 6.33 Å². The SMILES string of the molecule is O=C(NCc1ccccc1)NCc1cccc(-c2ccc([C@@H]3O[C@H](CSc4ncn[nH]4)C[C@H](c4ccc(CO)cc4)O3)cc2)c1. The Bertz CT molecular complexity index is 1650. The Labute approximate surface area is 266 Å². The normalized spacial score (nSPS) is 17.9. The van der Waals surface area contributed by atoms with Crippen LogP contribution < -0.4 is 10.6 Å². The van der Waals surface area contributed by atoms with Crippen molar-refractivity contribution in [3.63, 3.8) is 0 Å². The fourth-order valence-electron chi connectivity index (χ4n) is 5.18. The lowest BCUT2D eigenvalue weighted by atomic mass is 9.99. The molecule has 2 heterocycles. The summed E-state index contributed by atoms with van der Waals surface area (Å²) in [5.41, 5.74) is 7.01. The highest BCUT2D eigenvalue weighted by molar-refractivity contribution is 7.99. The molecule has 2 amide bonds. The Morgan fingerprint density at radius 2 is 1.56 bits per heavy atom. The van der Waals surface area contributed by atoms with E-state index in [0.717, 1.165) is 44.1 Å². The van der Waals surface area contributed by atoms with Crippen LogP contribution >= 0.6 is 11.8 Å². The van der Waals surface area contributed by atoms with Gasteiger partial charge in [0.05, 0.1) is 18.8 Å². The molecule has 1 saturated heterocycles. The number of hydrogen-bond donors (Lipinski definition) is 4. The number of carbonyl (C=O) groups is 1. The number of carbonyl (C=O) groups excluding carboxylic acids is 1. The van der Waals surface area contributed by atoms with Gasteiger partial charge in [-0.2, -0.15) is 5.10 Å². The number of urea groups is 1.